The van der Waals surface area contributed by atoms with E-state index in [4.69, 9.17) is 8.94 Å². The summed E-state index contributed by atoms with van der Waals surface area (Å²) in [6.45, 7) is 9.31. The standard InChI is InChI=1S/C28H27N5O3/c1-17-14-22(19(3)35-17)24-15-23(25-18(2)31-36-27(25)30-24)28(34)33-12-10-32(11-13-33)16-21-7-4-6-20-8-5-9-29-26(20)21/h4-9,14-15H,10-13,16H2,1-3H3. The van der Waals surface area contributed by atoms with Crippen LogP contribution in [0, 0.1) is 20.8 Å². The van der Waals surface area contributed by atoms with E-state index in [-0.39, 0.29) is 5.91 Å². The van der Waals surface area contributed by atoms with Gasteiger partial charge >= 0.3 is 0 Å². The van der Waals surface area contributed by atoms with Gasteiger partial charge in [-0.25, -0.2) is 4.98 Å². The monoisotopic (exact) mass is 481 g/mol. The van der Waals surface area contributed by atoms with Gasteiger partial charge < -0.3 is 13.8 Å². The molecule has 0 spiro atoms. The van der Waals surface area contributed by atoms with Crippen LogP contribution in [0.5, 0.6) is 0 Å². The Morgan fingerprint density at radius 1 is 1.03 bits per heavy atom. The lowest BCUT2D eigenvalue weighted by atomic mass is 10.0. The van der Waals surface area contributed by atoms with Crippen molar-refractivity contribution in [2.24, 2.45) is 0 Å². The molecule has 4 aromatic heterocycles. The first-order valence-electron chi connectivity index (χ1n) is 12.2. The summed E-state index contributed by atoms with van der Waals surface area (Å²) in [6.07, 6.45) is 1.84. The molecule has 1 amide bonds. The Hall–Kier alpha value is -4.04. The van der Waals surface area contributed by atoms with Gasteiger partial charge in [0.05, 0.1) is 27.9 Å². The molecule has 8 nitrogen and oxygen atoms in total. The van der Waals surface area contributed by atoms with Gasteiger partial charge in [0.1, 0.15) is 11.5 Å². The SMILES string of the molecule is Cc1cc(-c2cc(C(=O)N3CCN(Cc4cccc5cccnc45)CC3)c3c(C)noc3n2)c(C)o1. The summed E-state index contributed by atoms with van der Waals surface area (Å²) in [7, 11) is 0. The van der Waals surface area contributed by atoms with Gasteiger partial charge in [-0.2, -0.15) is 0 Å². The maximum absolute atomic E-state index is 13.8. The number of amides is 1. The number of para-hydroxylation sites is 1. The van der Waals surface area contributed by atoms with Gasteiger partial charge in [0.25, 0.3) is 11.6 Å². The lowest BCUT2D eigenvalue weighted by molar-refractivity contribution is 0.0630. The van der Waals surface area contributed by atoms with Gasteiger partial charge in [0, 0.05) is 49.9 Å². The summed E-state index contributed by atoms with van der Waals surface area (Å²) in [5, 5.41) is 5.90. The lowest BCUT2D eigenvalue weighted by Crippen LogP contribution is -2.48. The summed E-state index contributed by atoms with van der Waals surface area (Å²) in [4.78, 5) is 27.3. The van der Waals surface area contributed by atoms with Crippen LogP contribution < -0.4 is 0 Å². The van der Waals surface area contributed by atoms with Crippen LogP contribution in [0.25, 0.3) is 33.3 Å². The highest BCUT2D eigenvalue weighted by Crippen LogP contribution is 2.31. The predicted molar refractivity (Wildman–Crippen MR) is 137 cm³/mol. The third-order valence-corrected chi connectivity index (χ3v) is 6.93. The molecule has 0 radical (unpaired) electrons. The van der Waals surface area contributed by atoms with Gasteiger partial charge in [-0.15, -0.1) is 0 Å². The summed E-state index contributed by atoms with van der Waals surface area (Å²) >= 11 is 0. The topological polar surface area (TPSA) is 88.5 Å². The maximum Gasteiger partial charge on any atom is 0.259 e. The summed E-state index contributed by atoms with van der Waals surface area (Å²) in [5.74, 6) is 1.52. The first kappa shape index (κ1) is 22.4. The Labute approximate surface area is 208 Å². The average molecular weight is 482 g/mol. The molecule has 0 N–H and O–H groups in total. The number of benzene rings is 1. The number of nitrogens with zero attached hydrogens (tertiary/aromatic N) is 5. The Morgan fingerprint density at radius 2 is 1.83 bits per heavy atom. The van der Waals surface area contributed by atoms with Crippen molar-refractivity contribution in [3.05, 3.63) is 77.0 Å². The van der Waals surface area contributed by atoms with Crippen molar-refractivity contribution in [1.82, 2.24) is 24.9 Å². The number of aromatic nitrogens is 3. The Kier molecular flexibility index (Phi) is 5.53. The molecule has 0 bridgehead atoms. The number of aryl methyl sites for hydroxylation is 3. The predicted octanol–water partition coefficient (Wildman–Crippen LogP) is 4.91. The Morgan fingerprint density at radius 3 is 2.61 bits per heavy atom. The fourth-order valence-corrected chi connectivity index (χ4v) is 5.10. The van der Waals surface area contributed by atoms with Crippen molar-refractivity contribution < 1.29 is 13.7 Å². The highest BCUT2D eigenvalue weighted by atomic mass is 16.5. The molecule has 1 saturated heterocycles. The average Bonchev–Trinajstić information content (AvgIpc) is 3.44. The molecular weight excluding hydrogens is 454 g/mol. The van der Waals surface area contributed by atoms with Crippen molar-refractivity contribution in [1.29, 1.82) is 0 Å². The van der Waals surface area contributed by atoms with E-state index in [2.05, 4.69) is 44.3 Å². The zero-order valence-corrected chi connectivity index (χ0v) is 20.6. The minimum Gasteiger partial charge on any atom is -0.466 e. The van der Waals surface area contributed by atoms with Gasteiger partial charge in [-0.3, -0.25) is 14.7 Å². The van der Waals surface area contributed by atoms with Crippen LogP contribution in [0.2, 0.25) is 0 Å². The Bertz CT molecular complexity index is 1590. The number of furan rings is 1. The number of pyridine rings is 2. The number of hydrogen-bond donors (Lipinski definition) is 0. The Balaban J connectivity index is 1.24. The molecule has 1 aliphatic rings. The second kappa shape index (κ2) is 8.87. The molecule has 0 atom stereocenters. The number of carbonyl (C=O) groups is 1. The van der Waals surface area contributed by atoms with E-state index in [0.29, 0.717) is 41.1 Å². The molecule has 1 aromatic carbocycles. The molecule has 182 valence electrons. The normalized spacial score (nSPS) is 14.7. The van der Waals surface area contributed by atoms with E-state index in [1.807, 2.05) is 50.1 Å². The van der Waals surface area contributed by atoms with Gasteiger partial charge in [0.2, 0.25) is 0 Å². The quantitative estimate of drug-likeness (QED) is 0.360. The first-order valence-corrected chi connectivity index (χ1v) is 12.2. The highest BCUT2D eigenvalue weighted by molar-refractivity contribution is 6.07. The maximum atomic E-state index is 13.8. The molecule has 6 rings (SSSR count). The fraction of sp³-hybridized carbons (Fsp3) is 0.286. The van der Waals surface area contributed by atoms with Gasteiger partial charge in [0.15, 0.2) is 0 Å². The van der Waals surface area contributed by atoms with E-state index in [1.165, 1.54) is 5.56 Å². The number of hydrogen-bond acceptors (Lipinski definition) is 7. The zero-order chi connectivity index (χ0) is 24.8. The van der Waals surface area contributed by atoms with E-state index in [1.54, 1.807) is 0 Å². The molecule has 36 heavy (non-hydrogen) atoms. The molecule has 0 unspecified atom stereocenters. The minimum absolute atomic E-state index is 0.0284. The van der Waals surface area contributed by atoms with Crippen LogP contribution in [-0.4, -0.2) is 57.0 Å². The zero-order valence-electron chi connectivity index (χ0n) is 20.6. The molecule has 5 heterocycles. The van der Waals surface area contributed by atoms with Crippen LogP contribution in [0.3, 0.4) is 0 Å². The molecule has 5 aromatic rings. The van der Waals surface area contributed by atoms with Crippen molar-refractivity contribution in [3.8, 4) is 11.3 Å². The van der Waals surface area contributed by atoms with Crippen molar-refractivity contribution in [2.75, 3.05) is 26.2 Å². The third kappa shape index (κ3) is 3.93. The third-order valence-electron chi connectivity index (χ3n) is 6.93. The summed E-state index contributed by atoms with van der Waals surface area (Å²) in [6, 6.07) is 14.1. The highest BCUT2D eigenvalue weighted by Gasteiger charge is 2.27. The molecule has 1 fully saturated rings. The molecular formula is C28H27N5O3. The lowest BCUT2D eigenvalue weighted by Gasteiger charge is -2.35. The molecule has 8 heteroatoms. The number of rotatable bonds is 4. The fourth-order valence-electron chi connectivity index (χ4n) is 5.10. The van der Waals surface area contributed by atoms with Crippen molar-refractivity contribution in [3.63, 3.8) is 0 Å². The van der Waals surface area contributed by atoms with E-state index < -0.39 is 0 Å². The van der Waals surface area contributed by atoms with Crippen LogP contribution in [0.4, 0.5) is 0 Å². The van der Waals surface area contributed by atoms with E-state index >= 15 is 0 Å². The second-order valence-corrected chi connectivity index (χ2v) is 9.39. The van der Waals surface area contributed by atoms with Crippen molar-refractivity contribution >= 4 is 27.9 Å². The van der Waals surface area contributed by atoms with Crippen molar-refractivity contribution in [2.45, 2.75) is 27.3 Å². The number of piperazine rings is 1. The number of fused-ring (bicyclic) bond motifs is 2. The van der Waals surface area contributed by atoms with Crippen LogP contribution in [-0.2, 0) is 6.54 Å². The largest absolute Gasteiger partial charge is 0.466 e. The van der Waals surface area contributed by atoms with Crippen LogP contribution in [0.1, 0.15) is 33.1 Å². The summed E-state index contributed by atoms with van der Waals surface area (Å²) < 4.78 is 11.2. The van der Waals surface area contributed by atoms with Crippen LogP contribution in [0.15, 0.2) is 57.6 Å². The smallest absolute Gasteiger partial charge is 0.259 e. The molecule has 1 aliphatic heterocycles. The van der Waals surface area contributed by atoms with Crippen LogP contribution >= 0.6 is 0 Å². The first-order chi connectivity index (χ1) is 17.5. The van der Waals surface area contributed by atoms with Gasteiger partial charge in [-0.05, 0) is 44.5 Å². The molecule has 0 saturated carbocycles. The molecule has 0 aliphatic carbocycles. The van der Waals surface area contributed by atoms with Gasteiger partial charge in [-0.1, -0.05) is 29.4 Å². The van der Waals surface area contributed by atoms with E-state index in [9.17, 15) is 4.79 Å². The minimum atomic E-state index is -0.0284. The second-order valence-electron chi connectivity index (χ2n) is 9.39. The number of carbonyl (C=O) groups excluding carboxylic acids is 1. The summed E-state index contributed by atoms with van der Waals surface area (Å²) in [5.41, 5.74) is 5.35. The van der Waals surface area contributed by atoms with E-state index in [0.717, 1.165) is 47.6 Å².